The van der Waals surface area contributed by atoms with Crippen LogP contribution in [0.3, 0.4) is 0 Å². The van der Waals surface area contributed by atoms with Crippen molar-refractivity contribution in [2.24, 2.45) is 0 Å². The average Bonchev–Trinajstić information content (AvgIpc) is 2.38. The molecule has 2 N–H and O–H groups in total. The minimum atomic E-state index is -0.00944. The highest BCUT2D eigenvalue weighted by molar-refractivity contribution is 7.99. The molecule has 1 heterocycles. The first-order chi connectivity index (χ1) is 8.74. The summed E-state index contributed by atoms with van der Waals surface area (Å²) in [6, 6.07) is 9.38. The fourth-order valence-electron chi connectivity index (χ4n) is 1.87. The Morgan fingerprint density at radius 2 is 2.17 bits per heavy atom. The fraction of sp³-hybridized carbons (Fsp3) is 0.214. The van der Waals surface area contributed by atoms with E-state index >= 15 is 0 Å². The second-order valence-electron chi connectivity index (χ2n) is 3.98. The van der Waals surface area contributed by atoms with Crippen molar-refractivity contribution in [3.05, 3.63) is 53.3 Å². The molecule has 0 aliphatic carbocycles. The van der Waals surface area contributed by atoms with Crippen LogP contribution in [0.5, 0.6) is 0 Å². The first-order valence-corrected chi connectivity index (χ1v) is 6.96. The van der Waals surface area contributed by atoms with E-state index in [1.54, 1.807) is 16.3 Å². The molecule has 0 unspecified atom stereocenters. The minimum absolute atomic E-state index is 0.00944. The maximum absolute atomic E-state index is 12.3. The van der Waals surface area contributed by atoms with Gasteiger partial charge >= 0.3 is 0 Å². The zero-order valence-electron chi connectivity index (χ0n) is 10.1. The van der Waals surface area contributed by atoms with Crippen LogP contribution >= 0.6 is 11.8 Å². The molecule has 0 saturated carbocycles. The lowest BCUT2D eigenvalue weighted by molar-refractivity contribution is 0.755. The predicted octanol–water partition coefficient (Wildman–Crippen LogP) is 2.50. The van der Waals surface area contributed by atoms with Gasteiger partial charge in [0, 0.05) is 23.4 Å². The van der Waals surface area contributed by atoms with Gasteiger partial charge in [-0.3, -0.25) is 9.36 Å². The van der Waals surface area contributed by atoms with Crippen LogP contribution in [0.25, 0.3) is 10.8 Å². The summed E-state index contributed by atoms with van der Waals surface area (Å²) in [5.74, 6) is 2.27. The number of nitrogens with two attached hydrogens (primary N) is 1. The first-order valence-electron chi connectivity index (χ1n) is 5.80. The van der Waals surface area contributed by atoms with E-state index in [0.717, 1.165) is 22.3 Å². The first kappa shape index (κ1) is 12.8. The SMILES string of the molecule is C=CCSCCn1c(N)cc2ccccc2c1=O. The Bertz CT molecular complexity index is 619. The number of anilines is 1. The molecular weight excluding hydrogens is 244 g/mol. The zero-order valence-corrected chi connectivity index (χ0v) is 11.0. The number of pyridine rings is 1. The monoisotopic (exact) mass is 260 g/mol. The highest BCUT2D eigenvalue weighted by atomic mass is 32.2. The summed E-state index contributed by atoms with van der Waals surface area (Å²) in [6.07, 6.45) is 1.86. The van der Waals surface area contributed by atoms with Gasteiger partial charge in [0.05, 0.1) is 0 Å². The molecule has 2 rings (SSSR count). The van der Waals surface area contributed by atoms with Gasteiger partial charge in [-0.1, -0.05) is 24.3 Å². The molecule has 0 spiro atoms. The minimum Gasteiger partial charge on any atom is -0.385 e. The van der Waals surface area contributed by atoms with Gasteiger partial charge in [0.15, 0.2) is 0 Å². The number of nitrogens with zero attached hydrogens (tertiary/aromatic N) is 1. The fourth-order valence-corrected chi connectivity index (χ4v) is 2.52. The number of thioether (sulfide) groups is 1. The molecule has 0 aliphatic rings. The summed E-state index contributed by atoms with van der Waals surface area (Å²) in [4.78, 5) is 12.3. The lowest BCUT2D eigenvalue weighted by Gasteiger charge is -2.10. The number of rotatable bonds is 5. The molecule has 1 aromatic carbocycles. The van der Waals surface area contributed by atoms with Crippen molar-refractivity contribution in [1.82, 2.24) is 4.57 Å². The molecule has 94 valence electrons. The lowest BCUT2D eigenvalue weighted by Crippen LogP contribution is -2.24. The van der Waals surface area contributed by atoms with Crippen LogP contribution in [0.1, 0.15) is 0 Å². The van der Waals surface area contributed by atoms with E-state index in [-0.39, 0.29) is 5.56 Å². The van der Waals surface area contributed by atoms with Gasteiger partial charge in [0.1, 0.15) is 5.82 Å². The van der Waals surface area contributed by atoms with E-state index in [9.17, 15) is 4.79 Å². The van der Waals surface area contributed by atoms with Gasteiger partial charge in [-0.2, -0.15) is 11.8 Å². The molecule has 0 atom stereocenters. The molecule has 0 fully saturated rings. The number of hydrogen-bond acceptors (Lipinski definition) is 3. The Morgan fingerprint density at radius 1 is 1.39 bits per heavy atom. The van der Waals surface area contributed by atoms with Gasteiger partial charge in [-0.05, 0) is 17.5 Å². The zero-order chi connectivity index (χ0) is 13.0. The van der Waals surface area contributed by atoms with Crippen molar-refractivity contribution in [2.75, 3.05) is 17.2 Å². The molecule has 0 aliphatic heterocycles. The van der Waals surface area contributed by atoms with Crippen molar-refractivity contribution in [1.29, 1.82) is 0 Å². The summed E-state index contributed by atoms with van der Waals surface area (Å²) < 4.78 is 1.64. The van der Waals surface area contributed by atoms with E-state index in [1.165, 1.54) is 0 Å². The van der Waals surface area contributed by atoms with Crippen LogP contribution in [0.2, 0.25) is 0 Å². The molecule has 4 heteroatoms. The van der Waals surface area contributed by atoms with Crippen LogP contribution in [0, 0.1) is 0 Å². The number of hydrogen-bond donors (Lipinski definition) is 1. The highest BCUT2D eigenvalue weighted by Gasteiger charge is 2.05. The standard InChI is InChI=1S/C14H16N2OS/c1-2-8-18-9-7-16-13(15)10-11-5-3-4-6-12(11)14(16)17/h2-6,10H,1,7-9,15H2. The van der Waals surface area contributed by atoms with Crippen LogP contribution in [-0.2, 0) is 6.54 Å². The Morgan fingerprint density at radius 3 is 2.94 bits per heavy atom. The predicted molar refractivity (Wildman–Crippen MR) is 80.1 cm³/mol. The summed E-state index contributed by atoms with van der Waals surface area (Å²) in [5, 5.41) is 1.62. The quantitative estimate of drug-likeness (QED) is 0.663. The Balaban J connectivity index is 2.32. The topological polar surface area (TPSA) is 48.0 Å². The average molecular weight is 260 g/mol. The van der Waals surface area contributed by atoms with Gasteiger partial charge < -0.3 is 5.73 Å². The van der Waals surface area contributed by atoms with Crippen molar-refractivity contribution < 1.29 is 0 Å². The third kappa shape index (κ3) is 2.59. The van der Waals surface area contributed by atoms with Crippen molar-refractivity contribution in [2.45, 2.75) is 6.54 Å². The molecule has 0 saturated heterocycles. The van der Waals surface area contributed by atoms with Gasteiger partial charge in [-0.25, -0.2) is 0 Å². The van der Waals surface area contributed by atoms with E-state index in [0.29, 0.717) is 12.4 Å². The maximum Gasteiger partial charge on any atom is 0.260 e. The van der Waals surface area contributed by atoms with E-state index in [4.69, 9.17) is 5.73 Å². The van der Waals surface area contributed by atoms with Crippen molar-refractivity contribution >= 4 is 28.4 Å². The molecule has 3 nitrogen and oxygen atoms in total. The van der Waals surface area contributed by atoms with E-state index < -0.39 is 0 Å². The largest absolute Gasteiger partial charge is 0.385 e. The lowest BCUT2D eigenvalue weighted by atomic mass is 10.1. The summed E-state index contributed by atoms with van der Waals surface area (Å²) in [7, 11) is 0. The van der Waals surface area contributed by atoms with Crippen LogP contribution in [0.15, 0.2) is 47.8 Å². The third-order valence-corrected chi connectivity index (χ3v) is 3.69. The molecule has 0 radical (unpaired) electrons. The van der Waals surface area contributed by atoms with Crippen LogP contribution in [-0.4, -0.2) is 16.1 Å². The summed E-state index contributed by atoms with van der Waals surface area (Å²) >= 11 is 1.74. The molecule has 2 aromatic rings. The molecule has 0 amide bonds. The number of fused-ring (bicyclic) bond motifs is 1. The molecule has 0 bridgehead atoms. The molecule has 1 aromatic heterocycles. The van der Waals surface area contributed by atoms with E-state index in [1.807, 2.05) is 36.4 Å². The van der Waals surface area contributed by atoms with Gasteiger partial charge in [-0.15, -0.1) is 6.58 Å². The van der Waals surface area contributed by atoms with Crippen molar-refractivity contribution in [3.63, 3.8) is 0 Å². The normalized spacial score (nSPS) is 10.7. The number of aromatic nitrogens is 1. The van der Waals surface area contributed by atoms with Gasteiger partial charge in [0.25, 0.3) is 5.56 Å². The van der Waals surface area contributed by atoms with Crippen LogP contribution in [0.4, 0.5) is 5.82 Å². The smallest absolute Gasteiger partial charge is 0.260 e. The molecular formula is C14H16N2OS. The Hall–Kier alpha value is -1.68. The summed E-state index contributed by atoms with van der Waals surface area (Å²) in [6.45, 7) is 4.30. The third-order valence-electron chi connectivity index (χ3n) is 2.75. The Kier molecular flexibility index (Phi) is 4.10. The van der Waals surface area contributed by atoms with Crippen molar-refractivity contribution in [3.8, 4) is 0 Å². The maximum atomic E-state index is 12.3. The highest BCUT2D eigenvalue weighted by Crippen LogP contribution is 2.13. The number of nitrogen functional groups attached to an aromatic ring is 1. The van der Waals surface area contributed by atoms with E-state index in [2.05, 4.69) is 6.58 Å². The van der Waals surface area contributed by atoms with Gasteiger partial charge in [0.2, 0.25) is 0 Å². The summed E-state index contributed by atoms with van der Waals surface area (Å²) in [5.41, 5.74) is 5.93. The Labute approximate surface area is 110 Å². The number of benzene rings is 1. The molecule has 18 heavy (non-hydrogen) atoms. The second-order valence-corrected chi connectivity index (χ2v) is 5.13. The second kappa shape index (κ2) is 5.78. The van der Waals surface area contributed by atoms with Crippen LogP contribution < -0.4 is 11.3 Å².